The van der Waals surface area contributed by atoms with Gasteiger partial charge in [0.1, 0.15) is 6.54 Å². The number of guanidine groups is 1. The third-order valence-corrected chi connectivity index (χ3v) is 2.79. The maximum Gasteiger partial charge on any atom is 0.246 e. The van der Waals surface area contributed by atoms with Crippen LogP contribution in [0.3, 0.4) is 0 Å². The molecule has 5 heteroatoms. The van der Waals surface area contributed by atoms with Gasteiger partial charge in [0, 0.05) is 12.2 Å². The van der Waals surface area contributed by atoms with Crippen LogP contribution >= 0.6 is 0 Å². The molecule has 0 spiro atoms. The van der Waals surface area contributed by atoms with Crippen molar-refractivity contribution >= 4 is 17.6 Å². The number of benzene rings is 1. The van der Waals surface area contributed by atoms with Gasteiger partial charge >= 0.3 is 0 Å². The molecule has 0 aromatic heterocycles. The van der Waals surface area contributed by atoms with Crippen LogP contribution in [0.5, 0.6) is 0 Å². The summed E-state index contributed by atoms with van der Waals surface area (Å²) in [4.78, 5) is 15.6. The fourth-order valence-electron chi connectivity index (χ4n) is 1.70. The van der Waals surface area contributed by atoms with E-state index in [2.05, 4.69) is 22.5 Å². The first-order valence-corrected chi connectivity index (χ1v) is 7.11. The van der Waals surface area contributed by atoms with Gasteiger partial charge in [-0.05, 0) is 18.6 Å². The van der Waals surface area contributed by atoms with Gasteiger partial charge in [0.15, 0.2) is 5.96 Å². The summed E-state index contributed by atoms with van der Waals surface area (Å²) in [5.74, 6) is 0.150. The number of carbonyl (C=O) groups excluding carboxylic acids is 1. The first-order chi connectivity index (χ1) is 9.72. The van der Waals surface area contributed by atoms with E-state index in [-0.39, 0.29) is 12.5 Å². The molecule has 0 aliphatic carbocycles. The molecule has 0 aliphatic heterocycles. The van der Waals surface area contributed by atoms with E-state index in [0.29, 0.717) is 5.96 Å². The maximum atomic E-state index is 11.6. The molecule has 0 unspecified atom stereocenters. The van der Waals surface area contributed by atoms with Crippen LogP contribution < -0.4 is 16.4 Å². The van der Waals surface area contributed by atoms with Crippen LogP contribution in [-0.4, -0.2) is 25.0 Å². The van der Waals surface area contributed by atoms with Crippen molar-refractivity contribution in [2.24, 2.45) is 10.7 Å². The monoisotopic (exact) mass is 276 g/mol. The van der Waals surface area contributed by atoms with E-state index in [1.807, 2.05) is 30.3 Å². The summed E-state index contributed by atoms with van der Waals surface area (Å²) in [6.45, 7) is 3.01. The second-order valence-corrected chi connectivity index (χ2v) is 4.60. The van der Waals surface area contributed by atoms with Gasteiger partial charge in [-0.3, -0.25) is 4.79 Å². The number of amides is 1. The summed E-state index contributed by atoms with van der Waals surface area (Å²) in [5.41, 5.74) is 6.45. The van der Waals surface area contributed by atoms with E-state index >= 15 is 0 Å². The quantitative estimate of drug-likeness (QED) is 0.386. The zero-order valence-electron chi connectivity index (χ0n) is 12.1. The topological polar surface area (TPSA) is 79.5 Å². The lowest BCUT2D eigenvalue weighted by Gasteiger charge is -2.06. The smallest absolute Gasteiger partial charge is 0.246 e. The number of hydrogen-bond acceptors (Lipinski definition) is 2. The molecule has 20 heavy (non-hydrogen) atoms. The van der Waals surface area contributed by atoms with E-state index in [0.717, 1.165) is 18.7 Å². The van der Waals surface area contributed by atoms with Gasteiger partial charge in [-0.1, -0.05) is 44.4 Å². The predicted molar refractivity (Wildman–Crippen MR) is 83.7 cm³/mol. The van der Waals surface area contributed by atoms with Crippen molar-refractivity contribution in [1.82, 2.24) is 5.32 Å². The van der Waals surface area contributed by atoms with E-state index in [9.17, 15) is 4.79 Å². The molecule has 0 saturated carbocycles. The molecule has 1 aromatic carbocycles. The minimum Gasteiger partial charge on any atom is -0.370 e. The number of para-hydroxylation sites is 1. The highest BCUT2D eigenvalue weighted by Gasteiger charge is 2.00. The zero-order valence-corrected chi connectivity index (χ0v) is 12.1. The molecule has 5 nitrogen and oxygen atoms in total. The van der Waals surface area contributed by atoms with Crippen molar-refractivity contribution in [3.05, 3.63) is 30.3 Å². The van der Waals surface area contributed by atoms with E-state index in [4.69, 9.17) is 5.73 Å². The van der Waals surface area contributed by atoms with Crippen molar-refractivity contribution in [2.75, 3.05) is 18.4 Å². The molecule has 0 aliphatic rings. The van der Waals surface area contributed by atoms with Crippen molar-refractivity contribution in [3.63, 3.8) is 0 Å². The van der Waals surface area contributed by atoms with Gasteiger partial charge in [-0.2, -0.15) is 0 Å². The normalized spacial score (nSPS) is 11.2. The fraction of sp³-hybridized carbons (Fsp3) is 0.467. The van der Waals surface area contributed by atoms with Gasteiger partial charge in [0.25, 0.3) is 0 Å². The number of nitrogens with zero attached hydrogens (tertiary/aromatic N) is 1. The van der Waals surface area contributed by atoms with Crippen LogP contribution in [0.1, 0.15) is 32.6 Å². The second kappa shape index (κ2) is 9.83. The number of anilines is 1. The summed E-state index contributed by atoms with van der Waals surface area (Å²) in [7, 11) is 0. The Morgan fingerprint density at radius 2 is 1.95 bits per heavy atom. The Bertz CT molecular complexity index is 417. The molecule has 0 heterocycles. The number of unbranched alkanes of at least 4 members (excludes halogenated alkanes) is 3. The summed E-state index contributed by atoms with van der Waals surface area (Å²) >= 11 is 0. The van der Waals surface area contributed by atoms with Gasteiger partial charge in [0.05, 0.1) is 0 Å². The van der Waals surface area contributed by atoms with Crippen LogP contribution in [0.2, 0.25) is 0 Å². The van der Waals surface area contributed by atoms with E-state index < -0.39 is 0 Å². The summed E-state index contributed by atoms with van der Waals surface area (Å²) in [6, 6.07) is 9.29. The van der Waals surface area contributed by atoms with Gasteiger partial charge in [0.2, 0.25) is 5.91 Å². The molecule has 1 aromatic rings. The standard InChI is InChI=1S/C15H24N4O/c1-2-3-4-8-11-17-15(16)18-12-14(20)19-13-9-6-5-7-10-13/h5-7,9-10H,2-4,8,11-12H2,1H3,(H,19,20)(H3,16,17,18). The lowest BCUT2D eigenvalue weighted by molar-refractivity contribution is -0.114. The molecule has 0 bridgehead atoms. The fourth-order valence-corrected chi connectivity index (χ4v) is 1.70. The molecule has 0 saturated heterocycles. The van der Waals surface area contributed by atoms with Crippen molar-refractivity contribution in [2.45, 2.75) is 32.6 Å². The first-order valence-electron chi connectivity index (χ1n) is 7.11. The number of nitrogens with two attached hydrogens (primary N) is 1. The van der Waals surface area contributed by atoms with Gasteiger partial charge in [-0.25, -0.2) is 4.99 Å². The number of carbonyl (C=O) groups is 1. The van der Waals surface area contributed by atoms with Crippen LogP contribution in [0.15, 0.2) is 35.3 Å². The minimum absolute atomic E-state index is 0.0304. The Labute approximate surface area is 120 Å². The van der Waals surface area contributed by atoms with Crippen LogP contribution in [0.25, 0.3) is 0 Å². The highest BCUT2D eigenvalue weighted by Crippen LogP contribution is 2.04. The Balaban J connectivity index is 2.19. The average molecular weight is 276 g/mol. The molecular weight excluding hydrogens is 252 g/mol. The van der Waals surface area contributed by atoms with Crippen molar-refractivity contribution < 1.29 is 4.79 Å². The Morgan fingerprint density at radius 3 is 2.65 bits per heavy atom. The van der Waals surface area contributed by atoms with Gasteiger partial charge < -0.3 is 16.4 Å². The van der Waals surface area contributed by atoms with E-state index in [1.165, 1.54) is 19.3 Å². The third kappa shape index (κ3) is 7.41. The number of nitrogens with one attached hydrogen (secondary N) is 2. The average Bonchev–Trinajstić information content (AvgIpc) is 2.46. The number of aliphatic imine (C=N–C) groups is 1. The van der Waals surface area contributed by atoms with Crippen molar-refractivity contribution in [3.8, 4) is 0 Å². The molecular formula is C15H24N4O. The molecule has 4 N–H and O–H groups in total. The zero-order chi connectivity index (χ0) is 14.6. The Hall–Kier alpha value is -2.04. The Morgan fingerprint density at radius 1 is 1.20 bits per heavy atom. The van der Waals surface area contributed by atoms with E-state index in [1.54, 1.807) is 0 Å². The van der Waals surface area contributed by atoms with Crippen LogP contribution in [0.4, 0.5) is 5.69 Å². The second-order valence-electron chi connectivity index (χ2n) is 4.60. The first kappa shape index (κ1) is 16.0. The third-order valence-electron chi connectivity index (χ3n) is 2.79. The predicted octanol–water partition coefficient (Wildman–Crippen LogP) is 2.11. The largest absolute Gasteiger partial charge is 0.370 e. The van der Waals surface area contributed by atoms with Crippen LogP contribution in [-0.2, 0) is 4.79 Å². The molecule has 0 atom stereocenters. The summed E-state index contributed by atoms with van der Waals surface area (Å²) in [6.07, 6.45) is 4.70. The van der Waals surface area contributed by atoms with Crippen molar-refractivity contribution in [1.29, 1.82) is 0 Å². The SMILES string of the molecule is CCCCCCNC(N)=NCC(=O)Nc1ccccc1. The molecule has 1 rings (SSSR count). The highest BCUT2D eigenvalue weighted by molar-refractivity contribution is 5.93. The van der Waals surface area contributed by atoms with Gasteiger partial charge in [-0.15, -0.1) is 0 Å². The number of rotatable bonds is 8. The Kier molecular flexibility index (Phi) is 7.87. The summed E-state index contributed by atoms with van der Waals surface area (Å²) < 4.78 is 0. The molecule has 0 radical (unpaired) electrons. The molecule has 1 amide bonds. The number of hydrogen-bond donors (Lipinski definition) is 3. The highest BCUT2D eigenvalue weighted by atomic mass is 16.1. The summed E-state index contributed by atoms with van der Waals surface area (Å²) in [5, 5.41) is 5.76. The lowest BCUT2D eigenvalue weighted by Crippen LogP contribution is -2.33. The maximum absolute atomic E-state index is 11.6. The molecule has 0 fully saturated rings. The molecule has 110 valence electrons. The van der Waals surface area contributed by atoms with Crippen LogP contribution in [0, 0.1) is 0 Å². The minimum atomic E-state index is -0.174. The lowest BCUT2D eigenvalue weighted by atomic mass is 10.2.